The molecular formula is C14H17N3O3S. The smallest absolute Gasteiger partial charge is 0.188 e. The topological polar surface area (TPSA) is 87.8 Å². The number of carbonyl (C=O) groups excluding carboxylic acids is 1. The number of allylic oxidation sites excluding steroid dienone is 1. The van der Waals surface area contributed by atoms with Crippen molar-refractivity contribution in [3.05, 3.63) is 35.0 Å². The molecule has 2 rings (SSSR count). The number of hydrogen-bond acceptors (Lipinski definition) is 5. The Morgan fingerprint density at radius 1 is 1.52 bits per heavy atom. The molecular weight excluding hydrogens is 290 g/mol. The van der Waals surface area contributed by atoms with Gasteiger partial charge in [-0.15, -0.1) is 0 Å². The summed E-state index contributed by atoms with van der Waals surface area (Å²) in [6, 6.07) is 4.46. The number of methoxy groups -OCH3 is 1. The highest BCUT2D eigenvalue weighted by Crippen LogP contribution is 2.34. The van der Waals surface area contributed by atoms with Crippen LogP contribution in [0, 0.1) is 0 Å². The molecule has 0 spiro atoms. The monoisotopic (exact) mass is 307 g/mol. The van der Waals surface area contributed by atoms with Crippen LogP contribution in [0.3, 0.4) is 0 Å². The minimum absolute atomic E-state index is 0.0326. The third kappa shape index (κ3) is 2.70. The highest BCUT2D eigenvalue weighted by atomic mass is 32.1. The van der Waals surface area contributed by atoms with Crippen molar-refractivity contribution in [1.29, 1.82) is 0 Å². The Morgan fingerprint density at radius 3 is 2.76 bits per heavy atom. The quantitative estimate of drug-likeness (QED) is 0.574. The Balaban J connectivity index is 2.55. The summed E-state index contributed by atoms with van der Waals surface area (Å²) in [5, 5.41) is 14.3. The Morgan fingerprint density at radius 2 is 2.19 bits per heavy atom. The molecule has 0 aromatic heterocycles. The standard InChI is InChI=1S/C14H17N3O3S/c1-7-12(8(2)18)13(16-14(21)17(7)15)9-4-5-10(19)11(6-9)20-3/h4-6,13,19H,15H2,1-3H3,(H,16,21)/t13-/m0/s1. The maximum absolute atomic E-state index is 12.0. The van der Waals surface area contributed by atoms with E-state index in [2.05, 4.69) is 5.32 Å². The van der Waals surface area contributed by atoms with Crippen molar-refractivity contribution >= 4 is 23.1 Å². The first-order valence-electron chi connectivity index (χ1n) is 6.30. The highest BCUT2D eigenvalue weighted by molar-refractivity contribution is 7.80. The number of carbonyl (C=O) groups is 1. The Kier molecular flexibility index (Phi) is 4.15. The van der Waals surface area contributed by atoms with Gasteiger partial charge in [-0.1, -0.05) is 6.07 Å². The third-order valence-corrected chi connectivity index (χ3v) is 3.76. The molecule has 0 unspecified atom stereocenters. The molecule has 1 aliphatic heterocycles. The number of thiocarbonyl (C=S) groups is 1. The predicted molar refractivity (Wildman–Crippen MR) is 82.5 cm³/mol. The van der Waals surface area contributed by atoms with Gasteiger partial charge in [0.2, 0.25) is 0 Å². The molecule has 0 radical (unpaired) electrons. The van der Waals surface area contributed by atoms with E-state index in [1.165, 1.54) is 25.1 Å². The third-order valence-electron chi connectivity index (χ3n) is 3.44. The fourth-order valence-electron chi connectivity index (χ4n) is 2.34. The molecule has 6 nitrogen and oxygen atoms in total. The molecule has 0 saturated carbocycles. The van der Waals surface area contributed by atoms with Gasteiger partial charge in [-0.25, -0.2) is 5.84 Å². The molecule has 0 aliphatic carbocycles. The van der Waals surface area contributed by atoms with Gasteiger partial charge >= 0.3 is 0 Å². The number of ether oxygens (including phenoxy) is 1. The Labute approximate surface area is 128 Å². The number of Topliss-reactive ketones (excluding diaryl/α,β-unsaturated/α-hetero) is 1. The van der Waals surface area contributed by atoms with Gasteiger partial charge in [0, 0.05) is 11.3 Å². The second-order valence-electron chi connectivity index (χ2n) is 4.74. The van der Waals surface area contributed by atoms with E-state index in [9.17, 15) is 9.90 Å². The summed E-state index contributed by atoms with van der Waals surface area (Å²) in [4.78, 5) is 12.0. The van der Waals surface area contributed by atoms with Crippen LogP contribution in [0.15, 0.2) is 29.5 Å². The molecule has 112 valence electrons. The first-order valence-corrected chi connectivity index (χ1v) is 6.71. The minimum atomic E-state index is -0.427. The first-order chi connectivity index (χ1) is 9.86. The van der Waals surface area contributed by atoms with E-state index in [0.717, 1.165) is 5.56 Å². The van der Waals surface area contributed by atoms with Crippen LogP contribution in [0.2, 0.25) is 0 Å². The molecule has 1 aromatic carbocycles. The van der Waals surface area contributed by atoms with E-state index in [-0.39, 0.29) is 11.5 Å². The summed E-state index contributed by atoms with van der Waals surface area (Å²) in [7, 11) is 1.46. The molecule has 1 atom stereocenters. The largest absolute Gasteiger partial charge is 0.504 e. The van der Waals surface area contributed by atoms with Gasteiger partial charge in [-0.2, -0.15) is 0 Å². The highest BCUT2D eigenvalue weighted by Gasteiger charge is 2.31. The zero-order chi connectivity index (χ0) is 15.7. The van der Waals surface area contributed by atoms with Crippen LogP contribution in [-0.2, 0) is 4.79 Å². The lowest BCUT2D eigenvalue weighted by atomic mass is 9.93. The number of hydrazine groups is 1. The second-order valence-corrected chi connectivity index (χ2v) is 5.13. The van der Waals surface area contributed by atoms with Gasteiger partial charge < -0.3 is 15.2 Å². The summed E-state index contributed by atoms with van der Waals surface area (Å²) in [5.41, 5.74) is 1.88. The van der Waals surface area contributed by atoms with Crippen LogP contribution in [-0.4, -0.2) is 28.1 Å². The number of benzene rings is 1. The van der Waals surface area contributed by atoms with Gasteiger partial charge in [0.15, 0.2) is 22.4 Å². The number of nitrogens with two attached hydrogens (primary N) is 1. The zero-order valence-corrected chi connectivity index (χ0v) is 12.8. The molecule has 0 bridgehead atoms. The normalized spacial score (nSPS) is 18.6. The minimum Gasteiger partial charge on any atom is -0.504 e. The van der Waals surface area contributed by atoms with Crippen molar-refractivity contribution in [1.82, 2.24) is 10.3 Å². The van der Waals surface area contributed by atoms with E-state index in [4.69, 9.17) is 22.8 Å². The lowest BCUT2D eigenvalue weighted by Crippen LogP contribution is -2.50. The van der Waals surface area contributed by atoms with Gasteiger partial charge in [0.1, 0.15) is 0 Å². The molecule has 21 heavy (non-hydrogen) atoms. The summed E-state index contributed by atoms with van der Waals surface area (Å²) in [6.45, 7) is 3.22. The SMILES string of the molecule is COc1cc([C@@H]2NC(=S)N(N)C(C)=C2C(C)=O)ccc1O. The molecule has 0 fully saturated rings. The number of hydrogen-bond donors (Lipinski definition) is 3. The van der Waals surface area contributed by atoms with Crippen LogP contribution >= 0.6 is 12.2 Å². The van der Waals surface area contributed by atoms with Gasteiger partial charge in [-0.05, 0) is 43.8 Å². The molecule has 1 aliphatic rings. The van der Waals surface area contributed by atoms with Gasteiger partial charge in [0.05, 0.1) is 13.2 Å². The molecule has 0 saturated heterocycles. The van der Waals surface area contributed by atoms with E-state index in [1.807, 2.05) is 0 Å². The van der Waals surface area contributed by atoms with Crippen molar-refractivity contribution in [2.45, 2.75) is 19.9 Å². The molecule has 1 aromatic rings. The van der Waals surface area contributed by atoms with E-state index < -0.39 is 6.04 Å². The van der Waals surface area contributed by atoms with Crippen LogP contribution in [0.5, 0.6) is 11.5 Å². The molecule has 0 amide bonds. The maximum Gasteiger partial charge on any atom is 0.188 e. The second kappa shape index (κ2) is 5.71. The summed E-state index contributed by atoms with van der Waals surface area (Å²) >= 11 is 5.17. The zero-order valence-electron chi connectivity index (χ0n) is 12.0. The van der Waals surface area contributed by atoms with E-state index in [1.54, 1.807) is 19.1 Å². The van der Waals surface area contributed by atoms with Crippen LogP contribution < -0.4 is 15.9 Å². The fraction of sp³-hybridized carbons (Fsp3) is 0.286. The van der Waals surface area contributed by atoms with Gasteiger partial charge in [0.25, 0.3) is 0 Å². The number of nitrogens with zero attached hydrogens (tertiary/aromatic N) is 1. The van der Waals surface area contributed by atoms with Crippen LogP contribution in [0.4, 0.5) is 0 Å². The fourth-order valence-corrected chi connectivity index (χ4v) is 2.59. The number of ketones is 1. The molecule has 7 heteroatoms. The lowest BCUT2D eigenvalue weighted by molar-refractivity contribution is -0.114. The predicted octanol–water partition coefficient (Wildman–Crippen LogP) is 1.37. The average Bonchev–Trinajstić information content (AvgIpc) is 2.44. The van der Waals surface area contributed by atoms with Crippen LogP contribution in [0.1, 0.15) is 25.5 Å². The number of aromatic hydroxyl groups is 1. The Bertz CT molecular complexity index is 642. The van der Waals surface area contributed by atoms with Crippen molar-refractivity contribution in [3.8, 4) is 11.5 Å². The summed E-state index contributed by atoms with van der Waals surface area (Å²) in [5.74, 6) is 6.09. The van der Waals surface area contributed by atoms with Gasteiger partial charge in [-0.3, -0.25) is 9.80 Å². The van der Waals surface area contributed by atoms with Crippen LogP contribution in [0.25, 0.3) is 0 Å². The van der Waals surface area contributed by atoms with E-state index in [0.29, 0.717) is 22.1 Å². The maximum atomic E-state index is 12.0. The number of phenolic OH excluding ortho intramolecular Hbond substituents is 1. The van der Waals surface area contributed by atoms with Crippen molar-refractivity contribution < 1.29 is 14.6 Å². The number of nitrogens with one attached hydrogen (secondary N) is 1. The first kappa shape index (κ1) is 15.3. The lowest BCUT2D eigenvalue weighted by Gasteiger charge is -2.35. The van der Waals surface area contributed by atoms with E-state index >= 15 is 0 Å². The summed E-state index contributed by atoms with van der Waals surface area (Å²) < 4.78 is 5.10. The number of rotatable bonds is 3. The summed E-state index contributed by atoms with van der Waals surface area (Å²) in [6.07, 6.45) is 0. The number of phenols is 1. The van der Waals surface area contributed by atoms with Crippen molar-refractivity contribution in [2.24, 2.45) is 5.84 Å². The van der Waals surface area contributed by atoms with Crippen molar-refractivity contribution in [2.75, 3.05) is 7.11 Å². The Hall–Kier alpha value is -2.12. The molecule has 1 heterocycles. The van der Waals surface area contributed by atoms with Crippen molar-refractivity contribution in [3.63, 3.8) is 0 Å². The average molecular weight is 307 g/mol. The molecule has 4 N–H and O–H groups in total.